The van der Waals surface area contributed by atoms with E-state index in [0.29, 0.717) is 0 Å². The van der Waals surface area contributed by atoms with Crippen LogP contribution in [0, 0.1) is 23.1 Å². The van der Waals surface area contributed by atoms with Crippen molar-refractivity contribution in [3.8, 4) is 6.07 Å². The van der Waals surface area contributed by atoms with Crippen molar-refractivity contribution in [2.24, 2.45) is 5.92 Å². The van der Waals surface area contributed by atoms with Crippen molar-refractivity contribution in [1.82, 2.24) is 4.90 Å². The van der Waals surface area contributed by atoms with Crippen LogP contribution in [-0.4, -0.2) is 24.4 Å². The molecular weight excluding hydrogens is 221 g/mol. The minimum Gasteiger partial charge on any atom is -0.398 e. The molecule has 90 valence electrons. The number of halogens is 1. The molecule has 1 rings (SSSR count). The van der Waals surface area contributed by atoms with Crippen molar-refractivity contribution < 1.29 is 9.18 Å². The summed E-state index contributed by atoms with van der Waals surface area (Å²) in [6.45, 7) is 1.99. The molecule has 0 fully saturated rings. The van der Waals surface area contributed by atoms with Gasteiger partial charge in [-0.1, -0.05) is 0 Å². The third kappa shape index (κ3) is 3.18. The maximum absolute atomic E-state index is 13.0. The first-order valence-corrected chi connectivity index (χ1v) is 5.15. The standard InChI is InChI=1S/C12H14FN3O/c1-8(6-14)7-16(2)12(17)10-5-9(13)3-4-11(10)15/h3-5,8H,7,15H2,1-2H3. The minimum absolute atomic E-state index is 0.123. The predicted molar refractivity (Wildman–Crippen MR) is 62.5 cm³/mol. The van der Waals surface area contributed by atoms with Crippen LogP contribution in [0.2, 0.25) is 0 Å². The number of anilines is 1. The van der Waals surface area contributed by atoms with E-state index in [2.05, 4.69) is 0 Å². The summed E-state index contributed by atoms with van der Waals surface area (Å²) in [5.41, 5.74) is 5.96. The molecule has 1 aromatic carbocycles. The summed E-state index contributed by atoms with van der Waals surface area (Å²) >= 11 is 0. The van der Waals surface area contributed by atoms with Gasteiger partial charge in [0.05, 0.1) is 17.6 Å². The number of nitrogen functional groups attached to an aromatic ring is 1. The Morgan fingerprint density at radius 2 is 2.29 bits per heavy atom. The molecule has 0 spiro atoms. The third-order valence-corrected chi connectivity index (χ3v) is 2.36. The molecule has 0 saturated carbocycles. The first kappa shape index (κ1) is 13.0. The lowest BCUT2D eigenvalue weighted by Gasteiger charge is -2.19. The maximum Gasteiger partial charge on any atom is 0.255 e. The molecule has 0 aliphatic rings. The highest BCUT2D eigenvalue weighted by Gasteiger charge is 2.17. The molecule has 1 amide bonds. The van der Waals surface area contributed by atoms with Crippen molar-refractivity contribution in [1.29, 1.82) is 5.26 Å². The Bertz CT molecular complexity index is 467. The molecule has 0 aromatic heterocycles. The highest BCUT2D eigenvalue weighted by atomic mass is 19.1. The highest BCUT2D eigenvalue weighted by molar-refractivity contribution is 5.98. The van der Waals surface area contributed by atoms with Crippen molar-refractivity contribution >= 4 is 11.6 Å². The molecule has 1 unspecified atom stereocenters. The average Bonchev–Trinajstić information content (AvgIpc) is 2.31. The Morgan fingerprint density at radius 1 is 1.65 bits per heavy atom. The first-order valence-electron chi connectivity index (χ1n) is 5.15. The largest absolute Gasteiger partial charge is 0.398 e. The van der Waals surface area contributed by atoms with E-state index in [9.17, 15) is 9.18 Å². The van der Waals surface area contributed by atoms with Crippen molar-refractivity contribution in [2.45, 2.75) is 6.92 Å². The SMILES string of the molecule is CC(C#N)CN(C)C(=O)c1cc(F)ccc1N. The zero-order valence-corrected chi connectivity index (χ0v) is 9.77. The van der Waals surface area contributed by atoms with E-state index in [1.165, 1.54) is 17.0 Å². The van der Waals surface area contributed by atoms with E-state index in [1.54, 1.807) is 14.0 Å². The Morgan fingerprint density at radius 3 is 2.88 bits per heavy atom. The number of nitrogens with two attached hydrogens (primary N) is 1. The van der Waals surface area contributed by atoms with Crippen LogP contribution < -0.4 is 5.73 Å². The van der Waals surface area contributed by atoms with Gasteiger partial charge in [0, 0.05) is 19.3 Å². The van der Waals surface area contributed by atoms with E-state index in [1.807, 2.05) is 6.07 Å². The van der Waals surface area contributed by atoms with Gasteiger partial charge in [-0.2, -0.15) is 5.26 Å². The zero-order valence-electron chi connectivity index (χ0n) is 9.77. The Balaban J connectivity index is 2.89. The second-order valence-corrected chi connectivity index (χ2v) is 3.95. The van der Waals surface area contributed by atoms with Gasteiger partial charge in [-0.15, -0.1) is 0 Å². The van der Waals surface area contributed by atoms with E-state index in [0.717, 1.165) is 6.07 Å². The maximum atomic E-state index is 13.0. The van der Waals surface area contributed by atoms with Gasteiger partial charge in [-0.05, 0) is 25.1 Å². The summed E-state index contributed by atoms with van der Waals surface area (Å²) < 4.78 is 13.0. The zero-order chi connectivity index (χ0) is 13.0. The van der Waals surface area contributed by atoms with Crippen LogP contribution in [-0.2, 0) is 0 Å². The van der Waals surface area contributed by atoms with Gasteiger partial charge < -0.3 is 10.6 Å². The lowest BCUT2D eigenvalue weighted by atomic mass is 10.1. The first-order chi connectivity index (χ1) is 7.95. The average molecular weight is 235 g/mol. The van der Waals surface area contributed by atoms with Crippen LogP contribution in [0.1, 0.15) is 17.3 Å². The van der Waals surface area contributed by atoms with E-state index in [-0.39, 0.29) is 29.6 Å². The van der Waals surface area contributed by atoms with Gasteiger partial charge in [0.25, 0.3) is 5.91 Å². The molecule has 4 nitrogen and oxygen atoms in total. The van der Waals surface area contributed by atoms with Crippen LogP contribution in [0.15, 0.2) is 18.2 Å². The van der Waals surface area contributed by atoms with Crippen molar-refractivity contribution in [3.05, 3.63) is 29.6 Å². The topological polar surface area (TPSA) is 70.1 Å². The number of amides is 1. The van der Waals surface area contributed by atoms with Gasteiger partial charge in [-0.25, -0.2) is 4.39 Å². The van der Waals surface area contributed by atoms with Crippen LogP contribution in [0.5, 0.6) is 0 Å². The molecule has 0 radical (unpaired) electrons. The lowest BCUT2D eigenvalue weighted by molar-refractivity contribution is 0.0785. The van der Waals surface area contributed by atoms with E-state index in [4.69, 9.17) is 11.0 Å². The highest BCUT2D eigenvalue weighted by Crippen LogP contribution is 2.15. The fourth-order valence-electron chi connectivity index (χ4n) is 1.45. The molecule has 0 aliphatic heterocycles. The minimum atomic E-state index is -0.510. The Kier molecular flexibility index (Phi) is 4.05. The van der Waals surface area contributed by atoms with Crippen LogP contribution in [0.3, 0.4) is 0 Å². The van der Waals surface area contributed by atoms with Gasteiger partial charge in [0.15, 0.2) is 0 Å². The number of rotatable bonds is 3. The Hall–Kier alpha value is -2.09. The molecule has 1 atom stereocenters. The number of benzene rings is 1. The molecule has 0 aliphatic carbocycles. The number of carbonyl (C=O) groups excluding carboxylic acids is 1. The molecule has 0 heterocycles. The van der Waals surface area contributed by atoms with Crippen LogP contribution in [0.25, 0.3) is 0 Å². The van der Waals surface area contributed by atoms with Gasteiger partial charge in [0.1, 0.15) is 5.82 Å². The molecule has 17 heavy (non-hydrogen) atoms. The Labute approximate surface area is 99.4 Å². The number of nitriles is 1. The predicted octanol–water partition coefficient (Wildman–Crippen LogP) is 1.64. The molecular formula is C12H14FN3O. The van der Waals surface area contributed by atoms with Crippen LogP contribution >= 0.6 is 0 Å². The molecule has 0 bridgehead atoms. The third-order valence-electron chi connectivity index (χ3n) is 2.36. The monoisotopic (exact) mass is 235 g/mol. The number of hydrogen-bond donors (Lipinski definition) is 1. The number of nitrogens with zero attached hydrogens (tertiary/aromatic N) is 2. The summed E-state index contributed by atoms with van der Waals surface area (Å²) in [5, 5.41) is 8.66. The summed E-state index contributed by atoms with van der Waals surface area (Å²) in [6.07, 6.45) is 0. The van der Waals surface area contributed by atoms with E-state index >= 15 is 0 Å². The molecule has 1 aromatic rings. The van der Waals surface area contributed by atoms with E-state index < -0.39 is 5.82 Å². The summed E-state index contributed by atoms with van der Waals surface area (Å²) in [4.78, 5) is 13.3. The molecule has 0 saturated heterocycles. The lowest BCUT2D eigenvalue weighted by Crippen LogP contribution is -2.31. The molecule has 5 heteroatoms. The van der Waals surface area contributed by atoms with Crippen molar-refractivity contribution in [3.63, 3.8) is 0 Å². The second kappa shape index (κ2) is 5.30. The quantitative estimate of drug-likeness (QED) is 0.809. The summed E-state index contributed by atoms with van der Waals surface area (Å²) in [5.74, 6) is -1.17. The van der Waals surface area contributed by atoms with Gasteiger partial charge >= 0.3 is 0 Å². The normalized spacial score (nSPS) is 11.6. The molecule has 2 N–H and O–H groups in total. The fourth-order valence-corrected chi connectivity index (χ4v) is 1.45. The summed E-state index contributed by atoms with van der Waals surface area (Å²) in [6, 6.07) is 5.68. The van der Waals surface area contributed by atoms with Gasteiger partial charge in [0.2, 0.25) is 0 Å². The van der Waals surface area contributed by atoms with Gasteiger partial charge in [-0.3, -0.25) is 4.79 Å². The summed E-state index contributed by atoms with van der Waals surface area (Å²) in [7, 11) is 1.56. The fraction of sp³-hybridized carbons (Fsp3) is 0.333. The number of hydrogen-bond acceptors (Lipinski definition) is 3. The second-order valence-electron chi connectivity index (χ2n) is 3.95. The van der Waals surface area contributed by atoms with Crippen molar-refractivity contribution in [2.75, 3.05) is 19.3 Å². The smallest absolute Gasteiger partial charge is 0.255 e. The number of carbonyl (C=O) groups is 1. The van der Waals surface area contributed by atoms with Crippen LogP contribution in [0.4, 0.5) is 10.1 Å².